The van der Waals surface area contributed by atoms with Crippen molar-refractivity contribution in [2.75, 3.05) is 6.61 Å². The van der Waals surface area contributed by atoms with E-state index in [2.05, 4.69) is 66.5 Å². The molecule has 0 unspecified atom stereocenters. The number of benzene rings is 1. The zero-order chi connectivity index (χ0) is 15.1. The first-order chi connectivity index (χ1) is 10.2. The SMILES string of the molecule is CCC(CC)(CO)NCc1ccn(Cc2ccccc2)c1. The quantitative estimate of drug-likeness (QED) is 0.782. The first-order valence-corrected chi connectivity index (χ1v) is 7.76. The Balaban J connectivity index is 1.94. The lowest BCUT2D eigenvalue weighted by atomic mass is 9.94. The molecule has 2 aromatic rings. The van der Waals surface area contributed by atoms with Crippen molar-refractivity contribution in [2.45, 2.75) is 45.3 Å². The minimum absolute atomic E-state index is 0.151. The van der Waals surface area contributed by atoms with Crippen LogP contribution < -0.4 is 5.32 Å². The van der Waals surface area contributed by atoms with E-state index in [0.717, 1.165) is 25.9 Å². The molecule has 2 N–H and O–H groups in total. The van der Waals surface area contributed by atoms with Crippen molar-refractivity contribution in [3.8, 4) is 0 Å². The molecule has 0 spiro atoms. The summed E-state index contributed by atoms with van der Waals surface area (Å²) < 4.78 is 2.20. The molecule has 21 heavy (non-hydrogen) atoms. The third kappa shape index (κ3) is 4.19. The highest BCUT2D eigenvalue weighted by Gasteiger charge is 2.23. The van der Waals surface area contributed by atoms with Gasteiger partial charge in [-0.2, -0.15) is 0 Å². The van der Waals surface area contributed by atoms with Crippen LogP contribution in [0.1, 0.15) is 37.8 Å². The summed E-state index contributed by atoms with van der Waals surface area (Å²) >= 11 is 0. The number of aliphatic hydroxyl groups excluding tert-OH is 1. The fraction of sp³-hybridized carbons (Fsp3) is 0.444. The van der Waals surface area contributed by atoms with Gasteiger partial charge >= 0.3 is 0 Å². The van der Waals surface area contributed by atoms with Gasteiger partial charge in [0, 0.05) is 31.0 Å². The van der Waals surface area contributed by atoms with Crippen molar-refractivity contribution in [3.05, 3.63) is 59.9 Å². The van der Waals surface area contributed by atoms with Crippen LogP contribution in [-0.4, -0.2) is 21.8 Å². The van der Waals surface area contributed by atoms with Crippen molar-refractivity contribution in [2.24, 2.45) is 0 Å². The van der Waals surface area contributed by atoms with Crippen molar-refractivity contribution >= 4 is 0 Å². The Morgan fingerprint density at radius 2 is 1.76 bits per heavy atom. The first-order valence-electron chi connectivity index (χ1n) is 7.76. The largest absolute Gasteiger partial charge is 0.394 e. The molecule has 1 heterocycles. The molecule has 2 rings (SSSR count). The number of hydrogen-bond acceptors (Lipinski definition) is 2. The van der Waals surface area contributed by atoms with Crippen LogP contribution in [0.15, 0.2) is 48.8 Å². The highest BCUT2D eigenvalue weighted by atomic mass is 16.3. The molecule has 0 amide bonds. The van der Waals surface area contributed by atoms with Gasteiger partial charge in [-0.3, -0.25) is 0 Å². The minimum atomic E-state index is -0.151. The van der Waals surface area contributed by atoms with Crippen LogP contribution in [0.5, 0.6) is 0 Å². The maximum atomic E-state index is 9.59. The summed E-state index contributed by atoms with van der Waals surface area (Å²) in [6.07, 6.45) is 6.16. The fourth-order valence-electron chi connectivity index (χ4n) is 2.56. The molecule has 1 aromatic heterocycles. The minimum Gasteiger partial charge on any atom is -0.394 e. The summed E-state index contributed by atoms with van der Waals surface area (Å²) in [6, 6.07) is 12.6. The van der Waals surface area contributed by atoms with Gasteiger partial charge < -0.3 is 15.0 Å². The standard InChI is InChI=1S/C18H26N2O/c1-3-18(4-2,15-21)19-12-17-10-11-20(14-17)13-16-8-6-5-7-9-16/h5-11,14,19,21H,3-4,12-13,15H2,1-2H3. The molecular formula is C18H26N2O. The second kappa shape index (κ2) is 7.43. The average Bonchev–Trinajstić information content (AvgIpc) is 2.98. The molecule has 0 fully saturated rings. The van der Waals surface area contributed by atoms with E-state index in [4.69, 9.17) is 0 Å². The third-order valence-corrected chi connectivity index (χ3v) is 4.34. The summed E-state index contributed by atoms with van der Waals surface area (Å²) in [5.41, 5.74) is 2.41. The summed E-state index contributed by atoms with van der Waals surface area (Å²) in [5, 5.41) is 13.1. The maximum Gasteiger partial charge on any atom is 0.0613 e. The number of nitrogens with one attached hydrogen (secondary N) is 1. The number of aliphatic hydroxyl groups is 1. The van der Waals surface area contributed by atoms with Crippen LogP contribution in [0.4, 0.5) is 0 Å². The number of aromatic nitrogens is 1. The topological polar surface area (TPSA) is 37.2 Å². The molecule has 0 aliphatic heterocycles. The maximum absolute atomic E-state index is 9.59. The Kier molecular flexibility index (Phi) is 5.59. The van der Waals surface area contributed by atoms with Gasteiger partial charge in [0.1, 0.15) is 0 Å². The predicted molar refractivity (Wildman–Crippen MR) is 87.2 cm³/mol. The molecule has 0 aliphatic carbocycles. The summed E-state index contributed by atoms with van der Waals surface area (Å²) in [6.45, 7) is 6.11. The Bertz CT molecular complexity index is 521. The van der Waals surface area contributed by atoms with E-state index in [1.165, 1.54) is 11.1 Å². The van der Waals surface area contributed by atoms with Crippen LogP contribution in [-0.2, 0) is 13.1 Å². The monoisotopic (exact) mass is 286 g/mol. The zero-order valence-corrected chi connectivity index (χ0v) is 13.0. The van der Waals surface area contributed by atoms with Crippen molar-refractivity contribution in [1.29, 1.82) is 0 Å². The van der Waals surface area contributed by atoms with Crippen molar-refractivity contribution in [3.63, 3.8) is 0 Å². The van der Waals surface area contributed by atoms with E-state index in [0.29, 0.717) is 0 Å². The molecule has 1 aromatic carbocycles. The normalized spacial score (nSPS) is 11.8. The highest BCUT2D eigenvalue weighted by molar-refractivity contribution is 5.17. The van der Waals surface area contributed by atoms with Crippen LogP contribution in [0.2, 0.25) is 0 Å². The summed E-state index contributed by atoms with van der Waals surface area (Å²) in [5.74, 6) is 0. The van der Waals surface area contributed by atoms with E-state index < -0.39 is 0 Å². The van der Waals surface area contributed by atoms with Gasteiger partial charge in [0.05, 0.1) is 6.61 Å². The van der Waals surface area contributed by atoms with Gasteiger partial charge in [-0.05, 0) is 30.0 Å². The van der Waals surface area contributed by atoms with Crippen molar-refractivity contribution in [1.82, 2.24) is 9.88 Å². The second-order valence-corrected chi connectivity index (χ2v) is 5.68. The number of hydrogen-bond donors (Lipinski definition) is 2. The van der Waals surface area contributed by atoms with E-state index in [1.54, 1.807) is 0 Å². The van der Waals surface area contributed by atoms with Gasteiger partial charge in [0.15, 0.2) is 0 Å². The number of rotatable bonds is 8. The van der Waals surface area contributed by atoms with Gasteiger partial charge in [0.25, 0.3) is 0 Å². The van der Waals surface area contributed by atoms with E-state index in [9.17, 15) is 5.11 Å². The summed E-state index contributed by atoms with van der Waals surface area (Å²) in [4.78, 5) is 0. The lowest BCUT2D eigenvalue weighted by Gasteiger charge is -2.30. The molecule has 0 saturated heterocycles. The summed E-state index contributed by atoms with van der Waals surface area (Å²) in [7, 11) is 0. The molecule has 3 nitrogen and oxygen atoms in total. The Morgan fingerprint density at radius 1 is 1.05 bits per heavy atom. The molecular weight excluding hydrogens is 260 g/mol. The van der Waals surface area contributed by atoms with Crippen LogP contribution in [0, 0.1) is 0 Å². The van der Waals surface area contributed by atoms with Gasteiger partial charge in [0.2, 0.25) is 0 Å². The molecule has 0 saturated carbocycles. The lowest BCUT2D eigenvalue weighted by molar-refractivity contribution is 0.149. The smallest absolute Gasteiger partial charge is 0.0613 e. The molecule has 0 bridgehead atoms. The molecule has 0 atom stereocenters. The number of nitrogens with zero attached hydrogens (tertiary/aromatic N) is 1. The Morgan fingerprint density at radius 3 is 2.38 bits per heavy atom. The van der Waals surface area contributed by atoms with Gasteiger partial charge in [-0.15, -0.1) is 0 Å². The van der Waals surface area contributed by atoms with Gasteiger partial charge in [-0.25, -0.2) is 0 Å². The van der Waals surface area contributed by atoms with Crippen LogP contribution >= 0.6 is 0 Å². The highest BCUT2D eigenvalue weighted by Crippen LogP contribution is 2.15. The van der Waals surface area contributed by atoms with Crippen LogP contribution in [0.3, 0.4) is 0 Å². The zero-order valence-electron chi connectivity index (χ0n) is 13.0. The molecule has 0 aliphatic rings. The predicted octanol–water partition coefficient (Wildman–Crippen LogP) is 3.18. The second-order valence-electron chi connectivity index (χ2n) is 5.68. The average molecular weight is 286 g/mol. The molecule has 114 valence electrons. The molecule has 0 radical (unpaired) electrons. The van der Waals surface area contributed by atoms with Crippen LogP contribution in [0.25, 0.3) is 0 Å². The lowest BCUT2D eigenvalue weighted by Crippen LogP contribution is -2.46. The van der Waals surface area contributed by atoms with Gasteiger partial charge in [-0.1, -0.05) is 44.2 Å². The van der Waals surface area contributed by atoms with E-state index >= 15 is 0 Å². The van der Waals surface area contributed by atoms with E-state index in [-0.39, 0.29) is 12.1 Å². The fourth-order valence-corrected chi connectivity index (χ4v) is 2.56. The van der Waals surface area contributed by atoms with E-state index in [1.807, 2.05) is 6.07 Å². The Hall–Kier alpha value is -1.58. The molecule has 3 heteroatoms. The van der Waals surface area contributed by atoms with Crippen molar-refractivity contribution < 1.29 is 5.11 Å². The first kappa shape index (κ1) is 15.8. The Labute approximate surface area is 127 Å². The third-order valence-electron chi connectivity index (χ3n) is 4.34.